The molecule has 1 fully saturated rings. The Balaban J connectivity index is 1.81. The third kappa shape index (κ3) is 7.67. The summed E-state index contributed by atoms with van der Waals surface area (Å²) in [4.78, 5) is 23.5. The first-order chi connectivity index (χ1) is 13.8. The summed E-state index contributed by atoms with van der Waals surface area (Å²) in [5.41, 5.74) is -0.168. The van der Waals surface area contributed by atoms with E-state index in [0.29, 0.717) is 25.0 Å². The van der Waals surface area contributed by atoms with E-state index < -0.39 is 11.7 Å². The van der Waals surface area contributed by atoms with Crippen molar-refractivity contribution in [1.29, 1.82) is 0 Å². The maximum Gasteiger partial charge on any atom is 0.416 e. The molecule has 0 spiro atoms. The molecule has 0 amide bonds. The number of Topliss-reactive ketones (excluding diaryl/α,β-unsaturated/α-hetero) is 1. The first-order valence-corrected chi connectivity index (χ1v) is 10.3. The van der Waals surface area contributed by atoms with E-state index in [1.165, 1.54) is 6.07 Å². The average Bonchev–Trinajstić information content (AvgIpc) is 3.02. The number of alkyl halides is 3. The number of carbonyl (C=O) groups excluding carboxylic acids is 2. The van der Waals surface area contributed by atoms with E-state index in [9.17, 15) is 22.8 Å². The molecule has 160 valence electrons. The molecule has 3 nitrogen and oxygen atoms in total. The number of benzene rings is 1. The van der Waals surface area contributed by atoms with Gasteiger partial charge in [-0.3, -0.25) is 9.59 Å². The highest BCUT2D eigenvalue weighted by molar-refractivity contribution is 5.84. The van der Waals surface area contributed by atoms with Gasteiger partial charge in [0.2, 0.25) is 0 Å². The van der Waals surface area contributed by atoms with Gasteiger partial charge in [-0.2, -0.15) is 13.2 Å². The second-order valence-electron chi connectivity index (χ2n) is 7.52. The second kappa shape index (κ2) is 11.2. The monoisotopic (exact) mass is 410 g/mol. The fraction of sp³-hybridized carbons (Fsp3) is 0.565. The molecule has 1 aromatic carbocycles. The zero-order chi connectivity index (χ0) is 21.3. The quantitative estimate of drug-likeness (QED) is 0.340. The number of allylic oxidation sites excluding steroid dienone is 1. The Labute approximate surface area is 170 Å². The summed E-state index contributed by atoms with van der Waals surface area (Å²) in [5, 5.41) is 0. The molecule has 2 unspecified atom stereocenters. The molecule has 6 heteroatoms. The average molecular weight is 410 g/mol. The van der Waals surface area contributed by atoms with Crippen molar-refractivity contribution in [3.63, 3.8) is 0 Å². The van der Waals surface area contributed by atoms with Gasteiger partial charge >= 0.3 is 12.1 Å². The lowest BCUT2D eigenvalue weighted by atomic mass is 9.89. The first kappa shape index (κ1) is 23.2. The number of ketones is 1. The van der Waals surface area contributed by atoms with Crippen LogP contribution in [0.5, 0.6) is 0 Å². The lowest BCUT2D eigenvalue weighted by Gasteiger charge is -2.15. The van der Waals surface area contributed by atoms with Crippen LogP contribution in [0.3, 0.4) is 0 Å². The predicted molar refractivity (Wildman–Crippen MR) is 106 cm³/mol. The number of halogens is 3. The van der Waals surface area contributed by atoms with Crippen LogP contribution >= 0.6 is 0 Å². The Kier molecular flexibility index (Phi) is 8.93. The van der Waals surface area contributed by atoms with Crippen LogP contribution in [0.2, 0.25) is 0 Å². The smallest absolute Gasteiger partial charge is 0.416 e. The Morgan fingerprint density at radius 1 is 1.21 bits per heavy atom. The Morgan fingerprint density at radius 2 is 1.97 bits per heavy atom. The van der Waals surface area contributed by atoms with Crippen molar-refractivity contribution in [2.24, 2.45) is 11.8 Å². The molecule has 0 N–H and O–H groups in total. The predicted octanol–water partition coefficient (Wildman–Crippen LogP) is 6.22. The van der Waals surface area contributed by atoms with Gasteiger partial charge in [0.1, 0.15) is 5.78 Å². The molecule has 0 radical (unpaired) electrons. The topological polar surface area (TPSA) is 43.4 Å². The summed E-state index contributed by atoms with van der Waals surface area (Å²) >= 11 is 0. The Bertz CT molecular complexity index is 710. The zero-order valence-corrected chi connectivity index (χ0v) is 16.8. The first-order valence-electron chi connectivity index (χ1n) is 10.3. The summed E-state index contributed by atoms with van der Waals surface area (Å²) < 4.78 is 43.4. The summed E-state index contributed by atoms with van der Waals surface area (Å²) in [6, 6.07) is 5.23. The van der Waals surface area contributed by atoms with E-state index in [0.717, 1.165) is 50.7 Å². The van der Waals surface area contributed by atoms with Crippen LogP contribution in [0.15, 0.2) is 30.3 Å². The normalized spacial score (nSPS) is 19.8. The summed E-state index contributed by atoms with van der Waals surface area (Å²) in [7, 11) is 0. The molecule has 2 atom stereocenters. The number of ether oxygens (including phenoxy) is 1. The number of carbonyl (C=O) groups is 2. The highest BCUT2D eigenvalue weighted by Crippen LogP contribution is 2.35. The molecule has 0 heterocycles. The number of hydrogen-bond donors (Lipinski definition) is 0. The molecule has 1 aliphatic rings. The molecule has 0 aliphatic heterocycles. The lowest BCUT2D eigenvalue weighted by Crippen LogP contribution is -2.13. The molecule has 1 aliphatic carbocycles. The number of esters is 1. The van der Waals surface area contributed by atoms with Crippen molar-refractivity contribution in [2.45, 2.75) is 64.5 Å². The fourth-order valence-electron chi connectivity index (χ4n) is 3.81. The van der Waals surface area contributed by atoms with Gasteiger partial charge < -0.3 is 4.74 Å². The van der Waals surface area contributed by atoms with Gasteiger partial charge in [0, 0.05) is 18.8 Å². The lowest BCUT2D eigenvalue weighted by molar-refractivity contribution is -0.143. The van der Waals surface area contributed by atoms with Gasteiger partial charge in [0.05, 0.1) is 12.2 Å². The third-order valence-corrected chi connectivity index (χ3v) is 5.36. The van der Waals surface area contributed by atoms with Crippen LogP contribution in [-0.2, 0) is 20.5 Å². The third-order valence-electron chi connectivity index (χ3n) is 5.36. The Hall–Kier alpha value is -2.11. The largest absolute Gasteiger partial charge is 0.466 e. The van der Waals surface area contributed by atoms with Crippen molar-refractivity contribution in [3.05, 3.63) is 41.5 Å². The van der Waals surface area contributed by atoms with Crippen LogP contribution in [0.4, 0.5) is 13.2 Å². The van der Waals surface area contributed by atoms with E-state index in [2.05, 4.69) is 0 Å². The summed E-state index contributed by atoms with van der Waals surface area (Å²) in [6.45, 7) is 2.19. The van der Waals surface area contributed by atoms with Crippen molar-refractivity contribution in [3.8, 4) is 0 Å². The van der Waals surface area contributed by atoms with E-state index in [-0.39, 0.29) is 23.6 Å². The minimum absolute atomic E-state index is 0.0536. The SMILES string of the molecule is CCOC(=O)CCCCCCC1C(=O)CCC1/C=C/c1cccc(C(F)(F)F)c1. The standard InChI is InChI=1S/C23H29F3O3/c1-2-29-22(28)11-6-4-3-5-10-20-18(14-15-21(20)27)13-12-17-8-7-9-19(16-17)23(24,25)26/h7-9,12-13,16,18,20H,2-6,10-11,14-15H2,1H3/b13-12+. The number of hydrogen-bond acceptors (Lipinski definition) is 3. The number of rotatable bonds is 10. The van der Waals surface area contributed by atoms with E-state index in [1.54, 1.807) is 19.1 Å². The van der Waals surface area contributed by atoms with Crippen LogP contribution in [0.25, 0.3) is 6.08 Å². The maximum atomic E-state index is 12.8. The molecular weight excluding hydrogens is 381 g/mol. The molecule has 0 aromatic heterocycles. The minimum Gasteiger partial charge on any atom is -0.466 e. The summed E-state index contributed by atoms with van der Waals surface area (Å²) in [5.74, 6) is 0.104. The molecule has 0 saturated heterocycles. The van der Waals surface area contributed by atoms with Crippen LogP contribution in [0, 0.1) is 11.8 Å². The fourth-order valence-corrected chi connectivity index (χ4v) is 3.81. The van der Waals surface area contributed by atoms with Crippen molar-refractivity contribution >= 4 is 17.8 Å². The van der Waals surface area contributed by atoms with Gasteiger partial charge in [-0.25, -0.2) is 0 Å². The van der Waals surface area contributed by atoms with E-state index >= 15 is 0 Å². The maximum absolute atomic E-state index is 12.8. The van der Waals surface area contributed by atoms with Crippen molar-refractivity contribution in [1.82, 2.24) is 0 Å². The molecule has 2 rings (SSSR count). The van der Waals surface area contributed by atoms with Crippen LogP contribution < -0.4 is 0 Å². The van der Waals surface area contributed by atoms with Gasteiger partial charge in [-0.1, -0.05) is 43.5 Å². The molecule has 1 aromatic rings. The van der Waals surface area contributed by atoms with E-state index in [4.69, 9.17) is 4.74 Å². The van der Waals surface area contributed by atoms with Crippen molar-refractivity contribution in [2.75, 3.05) is 6.61 Å². The molecular formula is C23H29F3O3. The van der Waals surface area contributed by atoms with Gasteiger partial charge in [0.15, 0.2) is 0 Å². The van der Waals surface area contributed by atoms with Crippen molar-refractivity contribution < 1.29 is 27.5 Å². The van der Waals surface area contributed by atoms with E-state index in [1.807, 2.05) is 6.08 Å². The highest BCUT2D eigenvalue weighted by Gasteiger charge is 2.32. The van der Waals surface area contributed by atoms with Gasteiger partial charge in [0.25, 0.3) is 0 Å². The molecule has 1 saturated carbocycles. The van der Waals surface area contributed by atoms with Crippen LogP contribution in [-0.4, -0.2) is 18.4 Å². The molecule has 0 bridgehead atoms. The molecule has 29 heavy (non-hydrogen) atoms. The van der Waals surface area contributed by atoms with Gasteiger partial charge in [-0.15, -0.1) is 0 Å². The zero-order valence-electron chi connectivity index (χ0n) is 16.8. The minimum atomic E-state index is -4.36. The highest BCUT2D eigenvalue weighted by atomic mass is 19.4. The van der Waals surface area contributed by atoms with Gasteiger partial charge in [-0.05, 0) is 49.8 Å². The Morgan fingerprint density at radius 3 is 2.69 bits per heavy atom. The van der Waals surface area contributed by atoms with Crippen LogP contribution in [0.1, 0.15) is 69.4 Å². The number of unbranched alkanes of at least 4 members (excludes halogenated alkanes) is 3. The summed E-state index contributed by atoms with van der Waals surface area (Å²) in [6.07, 6.45) is 5.31. The second-order valence-corrected chi connectivity index (χ2v) is 7.52.